The first-order valence-corrected chi connectivity index (χ1v) is 10.5. The van der Waals surface area contributed by atoms with E-state index in [1.54, 1.807) is 37.8 Å². The number of hydrogen-bond donors (Lipinski definition) is 2. The molecule has 2 N–H and O–H groups in total. The summed E-state index contributed by atoms with van der Waals surface area (Å²) >= 11 is 0. The molecule has 8 nitrogen and oxygen atoms in total. The van der Waals surface area contributed by atoms with Gasteiger partial charge in [-0.3, -0.25) is 24.7 Å². The molecule has 1 atom stereocenters. The van der Waals surface area contributed by atoms with Crippen molar-refractivity contribution in [2.75, 3.05) is 11.9 Å². The molecule has 162 valence electrons. The summed E-state index contributed by atoms with van der Waals surface area (Å²) in [6.07, 6.45) is 5.39. The number of nitrogens with zero attached hydrogens (tertiary/aromatic N) is 2. The number of nitrogens with one attached hydrogen (secondary N) is 2. The van der Waals surface area contributed by atoms with Crippen molar-refractivity contribution in [3.8, 4) is 0 Å². The number of imide groups is 1. The Hall–Kier alpha value is -4.46. The lowest BCUT2D eigenvalue weighted by atomic mass is 9.92. The van der Waals surface area contributed by atoms with Crippen LogP contribution in [0, 0.1) is 0 Å². The maximum absolute atomic E-state index is 13.1. The largest absolute Gasteiger partial charge is 0.464 e. The zero-order valence-electron chi connectivity index (χ0n) is 17.6. The lowest BCUT2D eigenvalue weighted by molar-refractivity contribution is -0.123. The van der Waals surface area contributed by atoms with Crippen LogP contribution in [0.5, 0.6) is 0 Å². The average Bonchev–Trinajstić information content (AvgIpc) is 3.48. The second-order valence-electron chi connectivity index (χ2n) is 8.01. The molecule has 6 rings (SSSR count). The highest BCUT2D eigenvalue weighted by molar-refractivity contribution is 6.48. The van der Waals surface area contributed by atoms with Crippen LogP contribution >= 0.6 is 0 Å². The Kier molecular flexibility index (Phi) is 4.10. The highest BCUT2D eigenvalue weighted by atomic mass is 16.3. The van der Waals surface area contributed by atoms with Crippen molar-refractivity contribution in [3.05, 3.63) is 83.4 Å². The van der Waals surface area contributed by atoms with Crippen molar-refractivity contribution in [2.24, 2.45) is 4.99 Å². The quantitative estimate of drug-likeness (QED) is 0.611. The lowest BCUT2D eigenvalue weighted by Crippen LogP contribution is -2.41. The van der Waals surface area contributed by atoms with E-state index in [9.17, 15) is 14.4 Å². The second kappa shape index (κ2) is 7.03. The molecule has 0 spiro atoms. The van der Waals surface area contributed by atoms with Gasteiger partial charge in [0.15, 0.2) is 0 Å². The minimum Gasteiger partial charge on any atom is -0.464 e. The monoisotopic (exact) mass is 438 g/mol. The predicted molar refractivity (Wildman–Crippen MR) is 122 cm³/mol. The fourth-order valence-electron chi connectivity index (χ4n) is 4.86. The highest BCUT2D eigenvalue weighted by Gasteiger charge is 2.40. The lowest BCUT2D eigenvalue weighted by Gasteiger charge is -2.23. The zero-order chi connectivity index (χ0) is 22.7. The SMILES string of the molecule is CNC(=O)C1Cc2cccc3c2N1C=CN=C3C1=C(c2cccc3ccoc23)C(=O)NC1=O. The fraction of sp³-hybridized carbons (Fsp3) is 0.120. The Morgan fingerprint density at radius 3 is 2.73 bits per heavy atom. The first-order chi connectivity index (χ1) is 16.1. The molecule has 0 aliphatic carbocycles. The highest BCUT2D eigenvalue weighted by Crippen LogP contribution is 2.40. The summed E-state index contributed by atoms with van der Waals surface area (Å²) in [6, 6.07) is 12.5. The van der Waals surface area contributed by atoms with Gasteiger partial charge in [0.2, 0.25) is 5.91 Å². The topological polar surface area (TPSA) is 104 Å². The maximum Gasteiger partial charge on any atom is 0.261 e. The molecule has 8 heteroatoms. The van der Waals surface area contributed by atoms with Gasteiger partial charge in [-0.1, -0.05) is 36.4 Å². The summed E-state index contributed by atoms with van der Waals surface area (Å²) in [6.45, 7) is 0. The summed E-state index contributed by atoms with van der Waals surface area (Å²) in [7, 11) is 1.61. The third-order valence-electron chi connectivity index (χ3n) is 6.28. The molecule has 1 aromatic heterocycles. The Labute approximate surface area is 188 Å². The number of rotatable bonds is 3. The van der Waals surface area contributed by atoms with Crippen LogP contribution in [0.2, 0.25) is 0 Å². The van der Waals surface area contributed by atoms with Gasteiger partial charge in [0.05, 0.1) is 28.8 Å². The predicted octanol–water partition coefficient (Wildman–Crippen LogP) is 2.29. The van der Waals surface area contributed by atoms with Crippen LogP contribution in [0.3, 0.4) is 0 Å². The first kappa shape index (κ1) is 19.2. The van der Waals surface area contributed by atoms with E-state index in [0.717, 1.165) is 16.6 Å². The zero-order valence-corrected chi connectivity index (χ0v) is 17.6. The molecule has 0 saturated heterocycles. The van der Waals surface area contributed by atoms with Crippen molar-refractivity contribution < 1.29 is 18.8 Å². The van der Waals surface area contributed by atoms with Gasteiger partial charge in [-0.15, -0.1) is 0 Å². The van der Waals surface area contributed by atoms with Crippen LogP contribution in [0.1, 0.15) is 16.7 Å². The molecular weight excluding hydrogens is 420 g/mol. The molecule has 33 heavy (non-hydrogen) atoms. The summed E-state index contributed by atoms with van der Waals surface area (Å²) in [5.74, 6) is -1.12. The molecule has 0 bridgehead atoms. The maximum atomic E-state index is 13.1. The van der Waals surface area contributed by atoms with E-state index in [0.29, 0.717) is 28.8 Å². The Balaban J connectivity index is 1.59. The van der Waals surface area contributed by atoms with Gasteiger partial charge >= 0.3 is 0 Å². The smallest absolute Gasteiger partial charge is 0.261 e. The van der Waals surface area contributed by atoms with Gasteiger partial charge in [0.25, 0.3) is 11.8 Å². The summed E-state index contributed by atoms with van der Waals surface area (Å²) in [5.41, 5.74) is 4.32. The molecule has 0 fully saturated rings. The summed E-state index contributed by atoms with van der Waals surface area (Å²) in [4.78, 5) is 45.0. The van der Waals surface area contributed by atoms with Gasteiger partial charge in [0.1, 0.15) is 11.6 Å². The number of furan rings is 1. The van der Waals surface area contributed by atoms with Crippen molar-refractivity contribution in [1.82, 2.24) is 10.6 Å². The molecule has 3 aliphatic rings. The van der Waals surface area contributed by atoms with Gasteiger partial charge in [-0.05, 0) is 11.6 Å². The van der Waals surface area contributed by atoms with E-state index >= 15 is 0 Å². The van der Waals surface area contributed by atoms with Crippen LogP contribution in [0.25, 0.3) is 16.5 Å². The Morgan fingerprint density at radius 2 is 1.88 bits per heavy atom. The van der Waals surface area contributed by atoms with Crippen molar-refractivity contribution >= 4 is 45.7 Å². The molecule has 1 unspecified atom stereocenters. The van der Waals surface area contributed by atoms with Gasteiger partial charge in [0, 0.05) is 42.4 Å². The van der Waals surface area contributed by atoms with Gasteiger partial charge in [-0.2, -0.15) is 0 Å². The number of fused-ring (bicyclic) bond motifs is 1. The fourth-order valence-corrected chi connectivity index (χ4v) is 4.86. The minimum absolute atomic E-state index is 0.108. The summed E-state index contributed by atoms with van der Waals surface area (Å²) < 4.78 is 5.64. The molecule has 0 saturated carbocycles. The standard InChI is InChI=1S/C25H18N4O4/c1-26-23(30)17-12-14-5-3-7-16-20(27-9-10-29(17)21(14)16)19-18(24(31)28-25(19)32)15-6-2-4-13-8-11-33-22(13)15/h2-11,17H,12H2,1H3,(H,26,30)(H,28,31,32). The second-order valence-corrected chi connectivity index (χ2v) is 8.01. The molecule has 2 aromatic carbocycles. The van der Waals surface area contributed by atoms with Crippen LogP contribution in [0.15, 0.2) is 76.1 Å². The molecule has 3 aliphatic heterocycles. The third-order valence-corrected chi connectivity index (χ3v) is 6.28. The van der Waals surface area contributed by atoms with Gasteiger partial charge < -0.3 is 14.6 Å². The minimum atomic E-state index is -0.516. The van der Waals surface area contributed by atoms with E-state index in [-0.39, 0.29) is 17.1 Å². The van der Waals surface area contributed by atoms with Gasteiger partial charge in [-0.25, -0.2) is 0 Å². The number of hydrogen-bond acceptors (Lipinski definition) is 6. The van der Waals surface area contributed by atoms with E-state index in [1.165, 1.54) is 0 Å². The van der Waals surface area contributed by atoms with Crippen molar-refractivity contribution in [3.63, 3.8) is 0 Å². The molecular formula is C25H18N4O4. The molecule has 3 amide bonds. The number of amides is 3. The Bertz CT molecular complexity index is 1480. The number of likely N-dealkylation sites (N-methyl/N-ethyl adjacent to an activating group) is 1. The number of aliphatic imine (C=N–C) groups is 1. The normalized spacial score (nSPS) is 19.0. The summed E-state index contributed by atoms with van der Waals surface area (Å²) in [5, 5.41) is 5.96. The number of carbonyl (C=O) groups is 3. The number of para-hydroxylation sites is 2. The van der Waals surface area contributed by atoms with E-state index in [1.807, 2.05) is 35.2 Å². The van der Waals surface area contributed by atoms with Crippen LogP contribution in [0.4, 0.5) is 5.69 Å². The number of benzene rings is 2. The van der Waals surface area contributed by atoms with Crippen molar-refractivity contribution in [1.29, 1.82) is 0 Å². The van der Waals surface area contributed by atoms with Crippen LogP contribution in [-0.2, 0) is 20.8 Å². The number of anilines is 1. The first-order valence-electron chi connectivity index (χ1n) is 10.5. The average molecular weight is 438 g/mol. The molecule has 3 aromatic rings. The third kappa shape index (κ3) is 2.70. The van der Waals surface area contributed by atoms with Crippen molar-refractivity contribution in [2.45, 2.75) is 12.5 Å². The Morgan fingerprint density at radius 1 is 1.09 bits per heavy atom. The van der Waals surface area contributed by atoms with Crippen LogP contribution < -0.4 is 15.5 Å². The number of carbonyl (C=O) groups excluding carboxylic acids is 3. The van der Waals surface area contributed by atoms with E-state index in [2.05, 4.69) is 15.6 Å². The molecule has 0 radical (unpaired) electrons. The van der Waals surface area contributed by atoms with Crippen LogP contribution in [-0.4, -0.2) is 36.5 Å². The van der Waals surface area contributed by atoms with E-state index < -0.39 is 17.9 Å². The van der Waals surface area contributed by atoms with E-state index in [4.69, 9.17) is 4.42 Å². The molecule has 4 heterocycles.